The largest absolute Gasteiger partial charge is 0.514 e. The summed E-state index contributed by atoms with van der Waals surface area (Å²) >= 11 is 6.59. The third-order valence-electron chi connectivity index (χ3n) is 2.36. The van der Waals surface area contributed by atoms with Crippen LogP contribution < -0.4 is 10.1 Å². The number of halogens is 2. The summed E-state index contributed by atoms with van der Waals surface area (Å²) in [6, 6.07) is 6.50. The van der Waals surface area contributed by atoms with Gasteiger partial charge >= 0.3 is 6.16 Å². The zero-order valence-electron chi connectivity index (χ0n) is 12.7. The summed E-state index contributed by atoms with van der Waals surface area (Å²) in [6.07, 6.45) is -0.0757. The Morgan fingerprint density at radius 2 is 1.82 bits per heavy atom. The third kappa shape index (κ3) is 7.26. The van der Waals surface area contributed by atoms with Crippen LogP contribution in [0.25, 0.3) is 0 Å². The average molecular weight is 437 g/mol. The van der Waals surface area contributed by atoms with Gasteiger partial charge in [-0.3, -0.25) is 4.79 Å². The number of carbonyl (C=O) groups excluding carboxylic acids is 2. The lowest BCUT2D eigenvalue weighted by atomic mass is 10.2. The van der Waals surface area contributed by atoms with Crippen molar-refractivity contribution in [2.45, 2.75) is 37.6 Å². The summed E-state index contributed by atoms with van der Waals surface area (Å²) in [6.45, 7) is 5.28. The molecule has 0 aromatic heterocycles. The van der Waals surface area contributed by atoms with E-state index in [1.165, 1.54) is 0 Å². The Hall–Kier alpha value is -1.08. The van der Waals surface area contributed by atoms with Gasteiger partial charge < -0.3 is 14.8 Å². The van der Waals surface area contributed by atoms with Crippen molar-refractivity contribution in [3.05, 3.63) is 24.3 Å². The highest BCUT2D eigenvalue weighted by atomic mass is 79.9. The molecule has 0 spiro atoms. The molecule has 0 fully saturated rings. The highest BCUT2D eigenvalue weighted by molar-refractivity contribution is 9.10. The molecule has 1 aromatic carbocycles. The Morgan fingerprint density at radius 1 is 1.23 bits per heavy atom. The Labute approximate surface area is 147 Å². The number of rotatable bonds is 5. The molecule has 1 atom stereocenters. The highest BCUT2D eigenvalue weighted by Crippen LogP contribution is 2.19. The van der Waals surface area contributed by atoms with Crippen molar-refractivity contribution in [3.8, 4) is 5.75 Å². The van der Waals surface area contributed by atoms with Gasteiger partial charge in [0, 0.05) is 11.0 Å². The van der Waals surface area contributed by atoms with Gasteiger partial charge in [0.1, 0.15) is 11.4 Å². The molecule has 1 amide bonds. The first-order valence-corrected chi connectivity index (χ1v) is 8.77. The first-order chi connectivity index (χ1) is 10.2. The second-order valence-corrected chi connectivity index (χ2v) is 7.42. The molecule has 0 aliphatic heterocycles. The van der Waals surface area contributed by atoms with Crippen molar-refractivity contribution < 1.29 is 19.1 Å². The summed E-state index contributed by atoms with van der Waals surface area (Å²) in [4.78, 5) is 23.1. The summed E-state index contributed by atoms with van der Waals surface area (Å²) in [7, 11) is 0. The molecule has 0 heterocycles. The molecule has 5 nitrogen and oxygen atoms in total. The minimum atomic E-state index is -0.762. The van der Waals surface area contributed by atoms with Crippen LogP contribution in [-0.4, -0.2) is 27.8 Å². The van der Waals surface area contributed by atoms with Gasteiger partial charge in [0.25, 0.3) is 0 Å². The van der Waals surface area contributed by atoms with Crippen LogP contribution in [0.5, 0.6) is 5.75 Å². The first kappa shape index (κ1) is 19.0. The molecule has 0 saturated heterocycles. The Morgan fingerprint density at radius 3 is 2.32 bits per heavy atom. The van der Waals surface area contributed by atoms with Gasteiger partial charge in [-0.2, -0.15) is 0 Å². The van der Waals surface area contributed by atoms with Crippen LogP contribution in [0, 0.1) is 0 Å². The molecule has 1 N–H and O–H groups in total. The lowest BCUT2D eigenvalue weighted by Crippen LogP contribution is -2.26. The number of benzene rings is 1. The lowest BCUT2D eigenvalue weighted by Gasteiger charge is -2.18. The van der Waals surface area contributed by atoms with Crippen LogP contribution in [0.1, 0.15) is 27.2 Å². The number of nitrogens with one attached hydrogen (secondary N) is 1. The Balaban J connectivity index is 2.56. The van der Waals surface area contributed by atoms with Gasteiger partial charge in [0.05, 0.1) is 4.83 Å². The van der Waals surface area contributed by atoms with Crippen LogP contribution >= 0.6 is 31.9 Å². The van der Waals surface area contributed by atoms with E-state index in [2.05, 4.69) is 37.2 Å². The van der Waals surface area contributed by atoms with Gasteiger partial charge in [-0.1, -0.05) is 31.9 Å². The molecule has 0 aliphatic rings. The maximum atomic E-state index is 11.8. The summed E-state index contributed by atoms with van der Waals surface area (Å²) in [5.41, 5.74) is 0.0197. The van der Waals surface area contributed by atoms with Gasteiger partial charge in [0.15, 0.2) is 0 Å². The molecule has 0 aliphatic carbocycles. The lowest BCUT2D eigenvalue weighted by molar-refractivity contribution is -0.115. The van der Waals surface area contributed by atoms with E-state index < -0.39 is 11.8 Å². The van der Waals surface area contributed by atoms with E-state index in [0.717, 1.165) is 5.33 Å². The number of carbonyl (C=O) groups is 2. The minimum Gasteiger partial charge on any atom is -0.428 e. The number of hydrogen-bond donors (Lipinski definition) is 1. The Bertz CT molecular complexity index is 511. The second-order valence-electron chi connectivity index (χ2n) is 5.53. The predicted octanol–water partition coefficient (Wildman–Crippen LogP) is 4.49. The third-order valence-corrected chi connectivity index (χ3v) is 3.69. The molecule has 0 saturated carbocycles. The molecule has 7 heteroatoms. The van der Waals surface area contributed by atoms with E-state index in [0.29, 0.717) is 17.9 Å². The van der Waals surface area contributed by atoms with Crippen LogP contribution in [0.2, 0.25) is 0 Å². The standard InChI is InChI=1S/C15H19Br2NO4/c1-15(2,3)22-14(20)21-11-6-4-10(5-7-11)18-13(19)12(17)8-9-16/h4-7,12H,8-9H2,1-3H3,(H,18,19). The number of alkyl halides is 2. The van der Waals surface area contributed by atoms with E-state index in [4.69, 9.17) is 9.47 Å². The fourth-order valence-electron chi connectivity index (χ4n) is 1.42. The van der Waals surface area contributed by atoms with Gasteiger partial charge in [0.2, 0.25) is 5.91 Å². The number of ether oxygens (including phenoxy) is 2. The van der Waals surface area contributed by atoms with Gasteiger partial charge in [-0.05, 0) is 51.5 Å². The number of hydrogen-bond acceptors (Lipinski definition) is 4. The van der Waals surface area contributed by atoms with Crippen molar-refractivity contribution in [2.24, 2.45) is 0 Å². The van der Waals surface area contributed by atoms with Crippen molar-refractivity contribution in [3.63, 3.8) is 0 Å². The SMILES string of the molecule is CC(C)(C)OC(=O)Oc1ccc(NC(=O)C(Br)CCBr)cc1. The number of anilines is 1. The summed E-state index contributed by atoms with van der Waals surface area (Å²) < 4.78 is 10.1. The molecule has 0 radical (unpaired) electrons. The molecule has 22 heavy (non-hydrogen) atoms. The van der Waals surface area contributed by atoms with Gasteiger partial charge in [-0.25, -0.2) is 4.79 Å². The van der Waals surface area contributed by atoms with Crippen LogP contribution in [0.15, 0.2) is 24.3 Å². The van der Waals surface area contributed by atoms with E-state index in [1.54, 1.807) is 45.0 Å². The molecular formula is C15H19Br2NO4. The summed E-state index contributed by atoms with van der Waals surface area (Å²) in [5, 5.41) is 3.50. The topological polar surface area (TPSA) is 64.6 Å². The van der Waals surface area contributed by atoms with Crippen molar-refractivity contribution in [1.82, 2.24) is 0 Å². The smallest absolute Gasteiger partial charge is 0.428 e. The van der Waals surface area contributed by atoms with Crippen molar-refractivity contribution in [2.75, 3.05) is 10.6 Å². The minimum absolute atomic E-state index is 0.125. The fraction of sp³-hybridized carbons (Fsp3) is 0.467. The Kier molecular flexibility index (Phi) is 7.35. The summed E-state index contributed by atoms with van der Waals surface area (Å²) in [5.74, 6) is 0.225. The molecule has 122 valence electrons. The zero-order chi connectivity index (χ0) is 16.8. The quantitative estimate of drug-likeness (QED) is 0.419. The molecule has 1 unspecified atom stereocenters. The highest BCUT2D eigenvalue weighted by Gasteiger charge is 2.18. The van der Waals surface area contributed by atoms with Crippen molar-refractivity contribution in [1.29, 1.82) is 0 Å². The second kappa shape index (κ2) is 8.53. The van der Waals surface area contributed by atoms with E-state index in [9.17, 15) is 9.59 Å². The average Bonchev–Trinajstić information content (AvgIpc) is 2.39. The molecule has 1 rings (SSSR count). The first-order valence-electron chi connectivity index (χ1n) is 6.73. The molecule has 1 aromatic rings. The maximum Gasteiger partial charge on any atom is 0.514 e. The van der Waals surface area contributed by atoms with E-state index in [1.807, 2.05) is 0 Å². The normalized spacial score (nSPS) is 12.4. The van der Waals surface area contributed by atoms with E-state index in [-0.39, 0.29) is 10.7 Å². The number of amides is 1. The zero-order valence-corrected chi connectivity index (χ0v) is 15.9. The van der Waals surface area contributed by atoms with Crippen molar-refractivity contribution >= 4 is 49.6 Å². The van der Waals surface area contributed by atoms with E-state index >= 15 is 0 Å². The maximum absolute atomic E-state index is 11.8. The molecule has 0 bridgehead atoms. The van der Waals surface area contributed by atoms with Gasteiger partial charge in [-0.15, -0.1) is 0 Å². The monoisotopic (exact) mass is 435 g/mol. The predicted molar refractivity (Wildman–Crippen MR) is 93.1 cm³/mol. The fourth-order valence-corrected chi connectivity index (χ4v) is 2.84. The van der Waals surface area contributed by atoms with Crippen LogP contribution in [-0.2, 0) is 9.53 Å². The van der Waals surface area contributed by atoms with Crippen LogP contribution in [0.3, 0.4) is 0 Å². The van der Waals surface area contributed by atoms with Crippen LogP contribution in [0.4, 0.5) is 10.5 Å². The molecular weight excluding hydrogens is 418 g/mol.